The number of benzene rings is 1. The highest BCUT2D eigenvalue weighted by molar-refractivity contribution is 5.37. The Kier molecular flexibility index (Phi) is 5.22. The Morgan fingerprint density at radius 1 is 1.38 bits per heavy atom. The molecule has 0 aliphatic heterocycles. The van der Waals surface area contributed by atoms with E-state index in [0.717, 1.165) is 5.56 Å². The van der Waals surface area contributed by atoms with Crippen LogP contribution in [0, 0.1) is 5.82 Å². The van der Waals surface area contributed by atoms with E-state index < -0.39 is 0 Å². The summed E-state index contributed by atoms with van der Waals surface area (Å²) >= 11 is 0. The summed E-state index contributed by atoms with van der Waals surface area (Å²) in [7, 11) is 3.41. The first-order valence-electron chi connectivity index (χ1n) is 5.28. The SMILES string of the molecule is CNC(C)c1cccc(F)c1OCCOC. The van der Waals surface area contributed by atoms with Gasteiger partial charge in [-0.15, -0.1) is 0 Å². The molecule has 0 aliphatic carbocycles. The first-order valence-corrected chi connectivity index (χ1v) is 5.28. The third kappa shape index (κ3) is 3.18. The molecule has 0 amide bonds. The molecule has 0 bridgehead atoms. The van der Waals surface area contributed by atoms with Crippen LogP contribution >= 0.6 is 0 Å². The van der Waals surface area contributed by atoms with Gasteiger partial charge in [0.1, 0.15) is 6.61 Å². The second-order valence-corrected chi connectivity index (χ2v) is 3.51. The van der Waals surface area contributed by atoms with Crippen LogP contribution in [-0.2, 0) is 4.74 Å². The third-order valence-corrected chi connectivity index (χ3v) is 2.43. The minimum atomic E-state index is -0.337. The molecule has 3 nitrogen and oxygen atoms in total. The van der Waals surface area contributed by atoms with Gasteiger partial charge in [0.2, 0.25) is 0 Å². The summed E-state index contributed by atoms with van der Waals surface area (Å²) in [6.45, 7) is 2.75. The first-order chi connectivity index (χ1) is 7.70. The first kappa shape index (κ1) is 12.9. The van der Waals surface area contributed by atoms with Gasteiger partial charge in [0, 0.05) is 18.7 Å². The predicted molar refractivity (Wildman–Crippen MR) is 61.2 cm³/mol. The zero-order valence-electron chi connectivity index (χ0n) is 9.92. The van der Waals surface area contributed by atoms with E-state index in [2.05, 4.69) is 5.32 Å². The van der Waals surface area contributed by atoms with Crippen molar-refractivity contribution < 1.29 is 13.9 Å². The summed E-state index contributed by atoms with van der Waals surface area (Å²) in [6.07, 6.45) is 0. The predicted octanol–water partition coefficient (Wildman–Crippen LogP) is 2.13. The average Bonchev–Trinajstić information content (AvgIpc) is 2.30. The molecule has 0 radical (unpaired) electrons. The van der Waals surface area contributed by atoms with Gasteiger partial charge in [-0.25, -0.2) is 4.39 Å². The van der Waals surface area contributed by atoms with E-state index in [0.29, 0.717) is 19.0 Å². The van der Waals surface area contributed by atoms with Gasteiger partial charge < -0.3 is 14.8 Å². The minimum absolute atomic E-state index is 0.0493. The van der Waals surface area contributed by atoms with E-state index in [-0.39, 0.29) is 11.9 Å². The van der Waals surface area contributed by atoms with Crippen LogP contribution in [0.2, 0.25) is 0 Å². The second-order valence-electron chi connectivity index (χ2n) is 3.51. The Labute approximate surface area is 95.6 Å². The lowest BCUT2D eigenvalue weighted by atomic mass is 10.1. The van der Waals surface area contributed by atoms with E-state index in [1.54, 1.807) is 13.2 Å². The molecule has 1 aromatic carbocycles. The molecule has 0 saturated carbocycles. The van der Waals surface area contributed by atoms with Gasteiger partial charge >= 0.3 is 0 Å². The summed E-state index contributed by atoms with van der Waals surface area (Å²) in [5, 5.41) is 3.06. The number of methoxy groups -OCH3 is 1. The van der Waals surface area contributed by atoms with Crippen LogP contribution in [0.1, 0.15) is 18.5 Å². The summed E-state index contributed by atoms with van der Waals surface area (Å²) < 4.78 is 23.8. The van der Waals surface area contributed by atoms with E-state index in [9.17, 15) is 4.39 Å². The fourth-order valence-electron chi connectivity index (χ4n) is 1.40. The Hall–Kier alpha value is -1.13. The van der Waals surface area contributed by atoms with Gasteiger partial charge in [0.25, 0.3) is 0 Å². The van der Waals surface area contributed by atoms with Crippen molar-refractivity contribution in [1.29, 1.82) is 0 Å². The van der Waals surface area contributed by atoms with Crippen LogP contribution < -0.4 is 10.1 Å². The molecule has 1 N–H and O–H groups in total. The smallest absolute Gasteiger partial charge is 0.165 e. The highest BCUT2D eigenvalue weighted by atomic mass is 19.1. The standard InChI is InChI=1S/C12H18FNO2/c1-9(14-2)10-5-4-6-11(13)12(10)16-8-7-15-3/h4-6,9,14H,7-8H2,1-3H3. The summed E-state index contributed by atoms with van der Waals surface area (Å²) in [5.74, 6) is -0.0305. The number of ether oxygens (including phenoxy) is 2. The highest BCUT2D eigenvalue weighted by Crippen LogP contribution is 2.27. The maximum atomic E-state index is 13.6. The summed E-state index contributed by atoms with van der Waals surface area (Å²) in [4.78, 5) is 0. The molecule has 0 aliphatic rings. The number of para-hydroxylation sites is 1. The van der Waals surface area contributed by atoms with Crippen molar-refractivity contribution in [3.63, 3.8) is 0 Å². The lowest BCUT2D eigenvalue weighted by Crippen LogP contribution is -2.15. The number of nitrogens with one attached hydrogen (secondary N) is 1. The maximum Gasteiger partial charge on any atom is 0.165 e. The minimum Gasteiger partial charge on any atom is -0.488 e. The largest absolute Gasteiger partial charge is 0.488 e. The van der Waals surface area contributed by atoms with Crippen LogP contribution in [-0.4, -0.2) is 27.4 Å². The van der Waals surface area contributed by atoms with Crippen molar-refractivity contribution in [3.05, 3.63) is 29.6 Å². The lowest BCUT2D eigenvalue weighted by Gasteiger charge is -2.16. The Bertz CT molecular complexity index is 331. The molecule has 0 heterocycles. The fraction of sp³-hybridized carbons (Fsp3) is 0.500. The van der Waals surface area contributed by atoms with Crippen LogP contribution in [0.4, 0.5) is 4.39 Å². The Morgan fingerprint density at radius 3 is 2.75 bits per heavy atom. The molecule has 1 atom stereocenters. The number of rotatable bonds is 6. The molecule has 1 aromatic rings. The van der Waals surface area contributed by atoms with Crippen molar-refractivity contribution >= 4 is 0 Å². The molecule has 1 rings (SSSR count). The lowest BCUT2D eigenvalue weighted by molar-refractivity contribution is 0.143. The van der Waals surface area contributed by atoms with Gasteiger partial charge in [0.15, 0.2) is 11.6 Å². The Balaban J connectivity index is 2.85. The highest BCUT2D eigenvalue weighted by Gasteiger charge is 2.13. The van der Waals surface area contributed by atoms with Gasteiger partial charge in [0.05, 0.1) is 6.61 Å². The molecular weight excluding hydrogens is 209 g/mol. The van der Waals surface area contributed by atoms with Crippen molar-refractivity contribution in [2.24, 2.45) is 0 Å². The molecule has 90 valence electrons. The third-order valence-electron chi connectivity index (χ3n) is 2.43. The van der Waals surface area contributed by atoms with Gasteiger partial charge in [-0.3, -0.25) is 0 Å². The van der Waals surface area contributed by atoms with Gasteiger partial charge in [-0.1, -0.05) is 12.1 Å². The van der Waals surface area contributed by atoms with E-state index in [4.69, 9.17) is 9.47 Å². The molecule has 0 fully saturated rings. The summed E-state index contributed by atoms with van der Waals surface area (Å²) in [6, 6.07) is 4.98. The zero-order chi connectivity index (χ0) is 12.0. The van der Waals surface area contributed by atoms with Crippen LogP contribution in [0.3, 0.4) is 0 Å². The van der Waals surface area contributed by atoms with Crippen molar-refractivity contribution in [1.82, 2.24) is 5.32 Å². The number of hydrogen-bond donors (Lipinski definition) is 1. The number of hydrogen-bond acceptors (Lipinski definition) is 3. The molecule has 16 heavy (non-hydrogen) atoms. The molecule has 0 spiro atoms. The normalized spacial score (nSPS) is 12.5. The van der Waals surface area contributed by atoms with Gasteiger partial charge in [-0.05, 0) is 20.0 Å². The fourth-order valence-corrected chi connectivity index (χ4v) is 1.40. The van der Waals surface area contributed by atoms with E-state index in [1.165, 1.54) is 6.07 Å². The Morgan fingerprint density at radius 2 is 2.12 bits per heavy atom. The molecular formula is C12H18FNO2. The van der Waals surface area contributed by atoms with Crippen LogP contribution in [0.15, 0.2) is 18.2 Å². The number of halogens is 1. The van der Waals surface area contributed by atoms with Crippen LogP contribution in [0.25, 0.3) is 0 Å². The zero-order valence-corrected chi connectivity index (χ0v) is 9.92. The molecule has 4 heteroatoms. The molecule has 0 saturated heterocycles. The molecule has 1 unspecified atom stereocenters. The quantitative estimate of drug-likeness (QED) is 0.755. The van der Waals surface area contributed by atoms with Crippen molar-refractivity contribution in [2.75, 3.05) is 27.4 Å². The maximum absolute atomic E-state index is 13.6. The average molecular weight is 227 g/mol. The van der Waals surface area contributed by atoms with Crippen molar-refractivity contribution in [2.45, 2.75) is 13.0 Å². The van der Waals surface area contributed by atoms with Crippen molar-refractivity contribution in [3.8, 4) is 5.75 Å². The van der Waals surface area contributed by atoms with Gasteiger partial charge in [-0.2, -0.15) is 0 Å². The topological polar surface area (TPSA) is 30.5 Å². The van der Waals surface area contributed by atoms with Crippen LogP contribution in [0.5, 0.6) is 5.75 Å². The summed E-state index contributed by atoms with van der Waals surface area (Å²) in [5.41, 5.74) is 0.818. The second kappa shape index (κ2) is 6.45. The molecule has 0 aromatic heterocycles. The van der Waals surface area contributed by atoms with E-state index in [1.807, 2.05) is 20.0 Å². The monoisotopic (exact) mass is 227 g/mol. The van der Waals surface area contributed by atoms with E-state index >= 15 is 0 Å².